The molecule has 2 aromatic rings. The van der Waals surface area contributed by atoms with Crippen LogP contribution >= 0.6 is 0 Å². The van der Waals surface area contributed by atoms with Crippen molar-refractivity contribution >= 4 is 6.08 Å². The molecule has 0 radical (unpaired) electrons. The number of methoxy groups -OCH3 is 1. The van der Waals surface area contributed by atoms with E-state index in [1.807, 2.05) is 0 Å². The molecule has 0 aromatic heterocycles. The predicted octanol–water partition coefficient (Wildman–Crippen LogP) is 5.83. The molecule has 0 spiro atoms. The molecule has 0 amide bonds. The Morgan fingerprint density at radius 3 is 2.30 bits per heavy atom. The van der Waals surface area contributed by atoms with Crippen LogP contribution in [0.25, 0.3) is 6.08 Å². The molecule has 0 aliphatic heterocycles. The van der Waals surface area contributed by atoms with Crippen LogP contribution in [0.1, 0.15) is 46.7 Å². The van der Waals surface area contributed by atoms with Crippen LogP contribution < -0.4 is 4.74 Å². The van der Waals surface area contributed by atoms with E-state index in [1.165, 1.54) is 46.2 Å². The Hall–Kier alpha value is -2.02. The Labute approximate surface area is 141 Å². The lowest BCUT2D eigenvalue weighted by Crippen LogP contribution is -1.93. The summed E-state index contributed by atoms with van der Waals surface area (Å²) in [5.41, 5.74) is 7.98. The van der Waals surface area contributed by atoms with E-state index in [4.69, 9.17) is 4.74 Å². The molecule has 1 nitrogen and oxygen atoms in total. The molecular formula is C22H28O. The fourth-order valence-corrected chi connectivity index (χ4v) is 2.98. The molecule has 0 atom stereocenters. The summed E-state index contributed by atoms with van der Waals surface area (Å²) in [5.74, 6) is 0.970. The topological polar surface area (TPSA) is 9.23 Å². The van der Waals surface area contributed by atoms with Gasteiger partial charge in [0.25, 0.3) is 0 Å². The Bertz CT molecular complexity index is 695. The molecule has 0 aliphatic rings. The highest BCUT2D eigenvalue weighted by atomic mass is 16.5. The van der Waals surface area contributed by atoms with Crippen molar-refractivity contribution in [1.29, 1.82) is 0 Å². The molecule has 0 heterocycles. The van der Waals surface area contributed by atoms with Crippen LogP contribution in [0.4, 0.5) is 0 Å². The summed E-state index contributed by atoms with van der Waals surface area (Å²) in [6.45, 7) is 8.68. The maximum Gasteiger partial charge on any atom is 0.122 e. The van der Waals surface area contributed by atoms with Crippen molar-refractivity contribution in [3.63, 3.8) is 0 Å². The van der Waals surface area contributed by atoms with Crippen molar-refractivity contribution in [1.82, 2.24) is 0 Å². The molecule has 2 aromatic carbocycles. The van der Waals surface area contributed by atoms with Crippen LogP contribution in [-0.2, 0) is 12.8 Å². The van der Waals surface area contributed by atoms with Crippen LogP contribution in [0.15, 0.2) is 36.4 Å². The largest absolute Gasteiger partial charge is 0.496 e. The lowest BCUT2D eigenvalue weighted by atomic mass is 9.99. The van der Waals surface area contributed by atoms with Crippen LogP contribution in [0.2, 0.25) is 0 Å². The monoisotopic (exact) mass is 308 g/mol. The zero-order valence-corrected chi connectivity index (χ0v) is 15.1. The zero-order chi connectivity index (χ0) is 16.8. The minimum Gasteiger partial charge on any atom is -0.496 e. The average molecular weight is 308 g/mol. The highest BCUT2D eigenvalue weighted by Gasteiger charge is 2.03. The number of hydrogen-bond acceptors (Lipinski definition) is 1. The van der Waals surface area contributed by atoms with Crippen LogP contribution in [0, 0.1) is 20.8 Å². The van der Waals surface area contributed by atoms with Gasteiger partial charge in [0.1, 0.15) is 5.75 Å². The summed E-state index contributed by atoms with van der Waals surface area (Å²) < 4.78 is 5.38. The molecule has 0 N–H and O–H groups in total. The first kappa shape index (κ1) is 17.3. The quantitative estimate of drug-likeness (QED) is 0.652. The molecule has 2 rings (SSSR count). The molecule has 1 heteroatoms. The fraction of sp³-hybridized carbons (Fsp3) is 0.364. The van der Waals surface area contributed by atoms with Gasteiger partial charge in [0, 0.05) is 0 Å². The lowest BCUT2D eigenvalue weighted by Gasteiger charge is -2.10. The van der Waals surface area contributed by atoms with E-state index >= 15 is 0 Å². The summed E-state index contributed by atoms with van der Waals surface area (Å²) in [6, 6.07) is 11.1. The van der Waals surface area contributed by atoms with Crippen molar-refractivity contribution in [3.05, 3.63) is 69.8 Å². The number of aryl methyl sites for hydroxylation is 4. The maximum absolute atomic E-state index is 5.38. The molecular weight excluding hydrogens is 280 g/mol. The molecule has 0 bridgehead atoms. The van der Waals surface area contributed by atoms with E-state index in [2.05, 4.69) is 70.2 Å². The van der Waals surface area contributed by atoms with Gasteiger partial charge in [0.2, 0.25) is 0 Å². The Kier molecular flexibility index (Phi) is 6.04. The Morgan fingerprint density at radius 2 is 1.65 bits per heavy atom. The number of benzene rings is 2. The molecule has 0 aliphatic carbocycles. The number of hydrogen-bond donors (Lipinski definition) is 0. The second kappa shape index (κ2) is 8.01. The smallest absolute Gasteiger partial charge is 0.122 e. The van der Waals surface area contributed by atoms with Gasteiger partial charge >= 0.3 is 0 Å². The summed E-state index contributed by atoms with van der Waals surface area (Å²) >= 11 is 0. The van der Waals surface area contributed by atoms with Gasteiger partial charge in [0.05, 0.1) is 7.11 Å². The molecule has 0 unspecified atom stereocenters. The second-order valence-corrected chi connectivity index (χ2v) is 6.29. The van der Waals surface area contributed by atoms with Crippen molar-refractivity contribution in [2.75, 3.05) is 7.11 Å². The van der Waals surface area contributed by atoms with E-state index in [-0.39, 0.29) is 0 Å². The van der Waals surface area contributed by atoms with Crippen molar-refractivity contribution in [2.45, 2.75) is 47.0 Å². The molecule has 122 valence electrons. The van der Waals surface area contributed by atoms with Gasteiger partial charge in [-0.2, -0.15) is 0 Å². The molecule has 0 saturated carbocycles. The highest BCUT2D eigenvalue weighted by molar-refractivity contribution is 5.53. The third-order valence-corrected chi connectivity index (χ3v) is 4.39. The van der Waals surface area contributed by atoms with Gasteiger partial charge in [-0.3, -0.25) is 0 Å². The van der Waals surface area contributed by atoms with Gasteiger partial charge in [-0.15, -0.1) is 0 Å². The van der Waals surface area contributed by atoms with Gasteiger partial charge in [-0.1, -0.05) is 49.8 Å². The van der Waals surface area contributed by atoms with Crippen LogP contribution in [0.3, 0.4) is 0 Å². The summed E-state index contributed by atoms with van der Waals surface area (Å²) in [4.78, 5) is 0. The molecule has 0 fully saturated rings. The highest BCUT2D eigenvalue weighted by Crippen LogP contribution is 2.23. The summed E-state index contributed by atoms with van der Waals surface area (Å²) in [6.07, 6.45) is 7.79. The zero-order valence-electron chi connectivity index (χ0n) is 15.1. The fourth-order valence-electron chi connectivity index (χ4n) is 2.98. The third kappa shape index (κ3) is 4.48. The number of allylic oxidation sites excluding steroid dienone is 1. The van der Waals surface area contributed by atoms with Crippen molar-refractivity contribution < 1.29 is 4.74 Å². The van der Waals surface area contributed by atoms with E-state index in [1.54, 1.807) is 7.11 Å². The standard InChI is InChI=1S/C22H28O/c1-6-8-20-12-11-19(13-16(20)2)9-7-10-21-14-18(4)22(23-5)15-17(21)3/h7,9,11-15H,6,8,10H2,1-5H3/b9-7+. The first-order valence-corrected chi connectivity index (χ1v) is 8.45. The van der Waals surface area contributed by atoms with Gasteiger partial charge in [-0.05, 0) is 73.1 Å². The van der Waals surface area contributed by atoms with Crippen molar-refractivity contribution in [3.8, 4) is 5.75 Å². The molecule has 0 saturated heterocycles. The van der Waals surface area contributed by atoms with Crippen molar-refractivity contribution in [2.24, 2.45) is 0 Å². The number of ether oxygens (including phenoxy) is 1. The summed E-state index contributed by atoms with van der Waals surface area (Å²) in [5, 5.41) is 0. The van der Waals surface area contributed by atoms with E-state index in [0.717, 1.165) is 12.2 Å². The number of rotatable bonds is 6. The third-order valence-electron chi connectivity index (χ3n) is 4.39. The van der Waals surface area contributed by atoms with Gasteiger partial charge in [-0.25, -0.2) is 0 Å². The normalized spacial score (nSPS) is 11.2. The first-order valence-electron chi connectivity index (χ1n) is 8.45. The Morgan fingerprint density at radius 1 is 0.913 bits per heavy atom. The summed E-state index contributed by atoms with van der Waals surface area (Å²) in [7, 11) is 1.73. The average Bonchev–Trinajstić information content (AvgIpc) is 2.53. The van der Waals surface area contributed by atoms with Gasteiger partial charge in [0.15, 0.2) is 0 Å². The molecule has 23 heavy (non-hydrogen) atoms. The first-order chi connectivity index (χ1) is 11.0. The predicted molar refractivity (Wildman–Crippen MR) is 100 cm³/mol. The van der Waals surface area contributed by atoms with Crippen LogP contribution in [0.5, 0.6) is 5.75 Å². The second-order valence-electron chi connectivity index (χ2n) is 6.29. The van der Waals surface area contributed by atoms with Gasteiger partial charge < -0.3 is 4.74 Å². The SMILES string of the molecule is CCCc1ccc(/C=C/Cc2cc(C)c(OC)cc2C)cc1C. The minimum absolute atomic E-state index is 0.951. The Balaban J connectivity index is 2.10. The van der Waals surface area contributed by atoms with E-state index in [9.17, 15) is 0 Å². The lowest BCUT2D eigenvalue weighted by molar-refractivity contribution is 0.411. The minimum atomic E-state index is 0.951. The van der Waals surface area contributed by atoms with E-state index < -0.39 is 0 Å². The maximum atomic E-state index is 5.38. The van der Waals surface area contributed by atoms with Crippen LogP contribution in [-0.4, -0.2) is 7.11 Å². The van der Waals surface area contributed by atoms with E-state index in [0.29, 0.717) is 0 Å².